The average Bonchev–Trinajstić information content (AvgIpc) is 3.04. The first-order chi connectivity index (χ1) is 12.7. The number of carbonyl (C=O) groups is 1. The summed E-state index contributed by atoms with van der Waals surface area (Å²) in [5, 5.41) is 7.75. The van der Waals surface area contributed by atoms with Gasteiger partial charge in [-0.2, -0.15) is 5.10 Å². The van der Waals surface area contributed by atoms with Gasteiger partial charge in [0, 0.05) is 31.1 Å². The van der Waals surface area contributed by atoms with Gasteiger partial charge in [0.15, 0.2) is 0 Å². The topological polar surface area (TPSA) is 67.2 Å². The Hall–Kier alpha value is -1.69. The summed E-state index contributed by atoms with van der Waals surface area (Å²) in [6, 6.07) is 2.17. The maximum Gasteiger partial charge on any atom is 0.267 e. The second kappa shape index (κ2) is 7.91. The number of nitrogens with zero attached hydrogens (tertiary/aromatic N) is 3. The number of rotatable bonds is 6. The molecule has 1 atom stereocenters. The van der Waals surface area contributed by atoms with E-state index in [2.05, 4.69) is 15.3 Å². The Labute approximate surface area is 155 Å². The number of aromatic nitrogens is 2. The Morgan fingerprint density at radius 1 is 1.12 bits per heavy atom. The molecule has 2 heterocycles. The van der Waals surface area contributed by atoms with Gasteiger partial charge >= 0.3 is 0 Å². The van der Waals surface area contributed by atoms with Crippen LogP contribution in [0.5, 0.6) is 0 Å². The van der Waals surface area contributed by atoms with Crippen LogP contribution in [-0.2, 0) is 24.2 Å². The van der Waals surface area contributed by atoms with Crippen LogP contribution in [-0.4, -0.2) is 46.3 Å². The van der Waals surface area contributed by atoms with Crippen molar-refractivity contribution >= 4 is 5.91 Å². The summed E-state index contributed by atoms with van der Waals surface area (Å²) in [6.45, 7) is 3.25. The van der Waals surface area contributed by atoms with Crippen LogP contribution in [0.15, 0.2) is 10.9 Å². The number of fused-ring (bicyclic) bond motifs is 1. The van der Waals surface area contributed by atoms with Crippen molar-refractivity contribution < 1.29 is 4.79 Å². The Morgan fingerprint density at radius 2 is 2.00 bits per heavy atom. The van der Waals surface area contributed by atoms with E-state index in [1.54, 1.807) is 10.7 Å². The molecule has 1 unspecified atom stereocenters. The van der Waals surface area contributed by atoms with Gasteiger partial charge in [-0.15, -0.1) is 0 Å². The van der Waals surface area contributed by atoms with Gasteiger partial charge in [-0.3, -0.25) is 14.5 Å². The summed E-state index contributed by atoms with van der Waals surface area (Å²) in [4.78, 5) is 26.8. The summed E-state index contributed by atoms with van der Waals surface area (Å²) in [6.07, 6.45) is 9.92. The van der Waals surface area contributed by atoms with Gasteiger partial charge in [0.1, 0.15) is 0 Å². The normalized spacial score (nSPS) is 23.5. The third-order valence-electron chi connectivity index (χ3n) is 6.36. The fourth-order valence-corrected chi connectivity index (χ4v) is 4.44. The largest absolute Gasteiger partial charge is 0.354 e. The summed E-state index contributed by atoms with van der Waals surface area (Å²) < 4.78 is 1.64. The Bertz CT molecular complexity index is 710. The zero-order valence-corrected chi connectivity index (χ0v) is 15.6. The van der Waals surface area contributed by atoms with Crippen molar-refractivity contribution in [3.05, 3.63) is 27.7 Å². The average molecular weight is 358 g/mol. The highest BCUT2D eigenvalue weighted by Crippen LogP contribution is 2.26. The Balaban J connectivity index is 1.33. The number of likely N-dealkylation sites (tertiary alicyclic amines) is 1. The molecule has 142 valence electrons. The Morgan fingerprint density at radius 3 is 2.81 bits per heavy atom. The molecule has 2 fully saturated rings. The van der Waals surface area contributed by atoms with Crippen molar-refractivity contribution in [3.8, 4) is 0 Å². The molecular weight excluding hydrogens is 328 g/mol. The number of carbonyl (C=O) groups excluding carboxylic acids is 1. The molecule has 4 rings (SSSR count). The monoisotopic (exact) mass is 358 g/mol. The first-order valence-corrected chi connectivity index (χ1v) is 10.3. The third kappa shape index (κ3) is 3.85. The smallest absolute Gasteiger partial charge is 0.267 e. The van der Waals surface area contributed by atoms with Crippen molar-refractivity contribution in [1.82, 2.24) is 20.0 Å². The number of nitrogens with one attached hydrogen (secondary N) is 1. The van der Waals surface area contributed by atoms with Crippen molar-refractivity contribution in [2.75, 3.05) is 19.6 Å². The molecule has 1 saturated heterocycles. The predicted molar refractivity (Wildman–Crippen MR) is 100 cm³/mol. The van der Waals surface area contributed by atoms with Crippen LogP contribution < -0.4 is 10.9 Å². The third-order valence-corrected chi connectivity index (χ3v) is 6.36. The maximum atomic E-state index is 12.3. The quantitative estimate of drug-likeness (QED) is 0.837. The lowest BCUT2D eigenvalue weighted by atomic mass is 9.85. The molecule has 2 aliphatic carbocycles. The van der Waals surface area contributed by atoms with Crippen LogP contribution in [0.1, 0.15) is 56.2 Å². The summed E-state index contributed by atoms with van der Waals surface area (Å²) >= 11 is 0. The van der Waals surface area contributed by atoms with Crippen LogP contribution in [0.4, 0.5) is 0 Å². The van der Waals surface area contributed by atoms with Gasteiger partial charge in [-0.05, 0) is 57.1 Å². The van der Waals surface area contributed by atoms with Gasteiger partial charge in [0.25, 0.3) is 5.56 Å². The zero-order chi connectivity index (χ0) is 17.9. The molecule has 26 heavy (non-hydrogen) atoms. The first kappa shape index (κ1) is 17.7. The van der Waals surface area contributed by atoms with Crippen LogP contribution in [0.2, 0.25) is 0 Å². The van der Waals surface area contributed by atoms with Crippen LogP contribution >= 0.6 is 0 Å². The number of hydrogen-bond donors (Lipinski definition) is 1. The second-order valence-electron chi connectivity index (χ2n) is 8.09. The minimum atomic E-state index is 0.0255. The number of aryl methyl sites for hydroxylation is 2. The molecule has 3 aliphatic rings. The molecule has 0 radical (unpaired) electrons. The molecule has 0 aromatic carbocycles. The second-order valence-corrected chi connectivity index (χ2v) is 8.09. The van der Waals surface area contributed by atoms with Gasteiger partial charge < -0.3 is 5.32 Å². The fraction of sp³-hybridized carbons (Fsp3) is 0.750. The van der Waals surface area contributed by atoms with E-state index in [1.807, 2.05) is 0 Å². The highest BCUT2D eigenvalue weighted by Gasteiger charge is 2.27. The van der Waals surface area contributed by atoms with Crippen molar-refractivity contribution in [2.24, 2.45) is 5.92 Å². The number of amides is 1. The standard InChI is InChI=1S/C20H30N4O2/c25-19-13-16-7-4-9-18(16)22-24(19)12-11-23-10-2-1-8-17(23)14-21-20(26)15-5-3-6-15/h13,15,17H,1-12,14H2,(H,21,26). The maximum absolute atomic E-state index is 12.3. The van der Waals surface area contributed by atoms with E-state index in [0.717, 1.165) is 69.4 Å². The van der Waals surface area contributed by atoms with E-state index >= 15 is 0 Å². The zero-order valence-electron chi connectivity index (χ0n) is 15.6. The van der Waals surface area contributed by atoms with Crippen LogP contribution in [0.3, 0.4) is 0 Å². The van der Waals surface area contributed by atoms with Gasteiger partial charge in [0.05, 0.1) is 12.2 Å². The first-order valence-electron chi connectivity index (χ1n) is 10.3. The minimum Gasteiger partial charge on any atom is -0.354 e. The molecule has 1 aliphatic heterocycles. The highest BCUT2D eigenvalue weighted by atomic mass is 16.2. The predicted octanol–water partition coefficient (Wildman–Crippen LogP) is 1.50. The molecule has 0 bridgehead atoms. The number of piperidine rings is 1. The molecule has 1 aromatic heterocycles. The van der Waals surface area contributed by atoms with E-state index < -0.39 is 0 Å². The Kier molecular flexibility index (Phi) is 5.38. The lowest BCUT2D eigenvalue weighted by Gasteiger charge is -2.36. The van der Waals surface area contributed by atoms with E-state index in [0.29, 0.717) is 12.6 Å². The highest BCUT2D eigenvalue weighted by molar-refractivity contribution is 5.79. The van der Waals surface area contributed by atoms with E-state index in [4.69, 9.17) is 0 Å². The van der Waals surface area contributed by atoms with Gasteiger partial charge in [-0.1, -0.05) is 12.8 Å². The van der Waals surface area contributed by atoms with Crippen molar-refractivity contribution in [2.45, 2.75) is 70.4 Å². The molecule has 1 saturated carbocycles. The summed E-state index contributed by atoms with van der Waals surface area (Å²) in [7, 11) is 0. The lowest BCUT2D eigenvalue weighted by Crippen LogP contribution is -2.49. The molecule has 6 nitrogen and oxygen atoms in total. The molecule has 0 spiro atoms. The van der Waals surface area contributed by atoms with Crippen LogP contribution in [0, 0.1) is 5.92 Å². The molecule has 1 N–H and O–H groups in total. The molecule has 1 aromatic rings. The van der Waals surface area contributed by atoms with Crippen LogP contribution in [0.25, 0.3) is 0 Å². The molecular formula is C20H30N4O2. The van der Waals surface area contributed by atoms with Gasteiger partial charge in [0.2, 0.25) is 5.91 Å². The van der Waals surface area contributed by atoms with Crippen molar-refractivity contribution in [1.29, 1.82) is 0 Å². The van der Waals surface area contributed by atoms with E-state index in [9.17, 15) is 9.59 Å². The fourth-order valence-electron chi connectivity index (χ4n) is 4.44. The minimum absolute atomic E-state index is 0.0255. The lowest BCUT2D eigenvalue weighted by molar-refractivity contribution is -0.127. The summed E-state index contributed by atoms with van der Waals surface area (Å²) in [5.74, 6) is 0.486. The van der Waals surface area contributed by atoms with Gasteiger partial charge in [-0.25, -0.2) is 4.68 Å². The molecule has 1 amide bonds. The van der Waals surface area contributed by atoms with E-state index in [-0.39, 0.29) is 17.4 Å². The van der Waals surface area contributed by atoms with Crippen molar-refractivity contribution in [3.63, 3.8) is 0 Å². The number of hydrogen-bond acceptors (Lipinski definition) is 4. The van der Waals surface area contributed by atoms with E-state index in [1.165, 1.54) is 19.3 Å². The SMILES string of the molecule is O=C(NCC1CCCCN1CCn1nc2c(cc1=O)CCC2)C1CCC1. The molecule has 6 heteroatoms. The summed E-state index contributed by atoms with van der Waals surface area (Å²) in [5.41, 5.74) is 2.27.